The van der Waals surface area contributed by atoms with E-state index in [1.54, 1.807) is 18.7 Å². The van der Waals surface area contributed by atoms with E-state index in [-0.39, 0.29) is 10.9 Å². The molecule has 0 saturated heterocycles. The molecule has 0 unspecified atom stereocenters. The first-order valence-electron chi connectivity index (χ1n) is 6.30. The zero-order chi connectivity index (χ0) is 14.6. The molecule has 0 aliphatic carbocycles. The summed E-state index contributed by atoms with van der Waals surface area (Å²) in [5.74, 6) is -0.0641. The molecule has 0 spiro atoms. The lowest BCUT2D eigenvalue weighted by molar-refractivity contribution is -0.137. The second-order valence-electron chi connectivity index (χ2n) is 5.08. The van der Waals surface area contributed by atoms with E-state index < -0.39 is 5.41 Å². The van der Waals surface area contributed by atoms with E-state index in [0.717, 1.165) is 11.4 Å². The van der Waals surface area contributed by atoms with Crippen molar-refractivity contribution in [3.63, 3.8) is 0 Å². The van der Waals surface area contributed by atoms with E-state index in [1.165, 1.54) is 0 Å². The van der Waals surface area contributed by atoms with Crippen molar-refractivity contribution in [3.05, 3.63) is 29.6 Å². The number of thiocarbonyl (C=S) groups is 1. The fraction of sp³-hybridized carbons (Fsp3) is 0.500. The maximum absolute atomic E-state index is 12.5. The second kappa shape index (κ2) is 6.10. The average Bonchev–Trinajstić information content (AvgIpc) is 2.35. The minimum Gasteiger partial charge on any atom is -0.392 e. The topological polar surface area (TPSA) is 59.2 Å². The molecule has 1 heterocycles. The predicted molar refractivity (Wildman–Crippen MR) is 80.6 cm³/mol. The SMILES string of the molecule is CCN(Cc1cccc(C)n1)C(=O)C(C)(C)C(N)=S. The van der Waals surface area contributed by atoms with Gasteiger partial charge in [0.25, 0.3) is 0 Å². The molecule has 0 aliphatic rings. The molecule has 0 fully saturated rings. The summed E-state index contributed by atoms with van der Waals surface area (Å²) in [6.07, 6.45) is 0. The highest BCUT2D eigenvalue weighted by atomic mass is 32.1. The van der Waals surface area contributed by atoms with Crippen LogP contribution in [0.2, 0.25) is 0 Å². The van der Waals surface area contributed by atoms with Crippen LogP contribution in [0.1, 0.15) is 32.2 Å². The summed E-state index contributed by atoms with van der Waals surface area (Å²) < 4.78 is 0. The Kier molecular flexibility index (Phi) is 5.00. The van der Waals surface area contributed by atoms with Crippen LogP contribution in [0, 0.1) is 12.3 Å². The molecule has 0 aromatic carbocycles. The van der Waals surface area contributed by atoms with Crippen molar-refractivity contribution < 1.29 is 4.79 Å². The first-order valence-corrected chi connectivity index (χ1v) is 6.71. The number of hydrogen-bond acceptors (Lipinski definition) is 3. The molecule has 0 radical (unpaired) electrons. The molecule has 1 amide bonds. The number of nitrogens with zero attached hydrogens (tertiary/aromatic N) is 2. The van der Waals surface area contributed by atoms with Crippen molar-refractivity contribution in [1.29, 1.82) is 0 Å². The minimum atomic E-state index is -0.824. The Bertz CT molecular complexity index is 485. The van der Waals surface area contributed by atoms with Crippen LogP contribution in [0.15, 0.2) is 18.2 Å². The van der Waals surface area contributed by atoms with E-state index in [9.17, 15) is 4.79 Å². The van der Waals surface area contributed by atoms with Crippen LogP contribution in [0.25, 0.3) is 0 Å². The lowest BCUT2D eigenvalue weighted by Gasteiger charge is -2.30. The van der Waals surface area contributed by atoms with Crippen molar-refractivity contribution >= 4 is 23.1 Å². The van der Waals surface area contributed by atoms with Crippen molar-refractivity contribution in [1.82, 2.24) is 9.88 Å². The van der Waals surface area contributed by atoms with Crippen molar-refractivity contribution in [2.24, 2.45) is 11.1 Å². The first kappa shape index (κ1) is 15.6. The highest BCUT2D eigenvalue weighted by molar-refractivity contribution is 7.80. The van der Waals surface area contributed by atoms with E-state index in [1.807, 2.05) is 32.0 Å². The molecule has 0 saturated carbocycles. The van der Waals surface area contributed by atoms with Gasteiger partial charge in [0.2, 0.25) is 5.91 Å². The molecule has 0 atom stereocenters. The number of hydrogen-bond donors (Lipinski definition) is 1. The van der Waals surface area contributed by atoms with Crippen molar-refractivity contribution in [2.45, 2.75) is 34.2 Å². The Morgan fingerprint density at radius 1 is 1.47 bits per heavy atom. The van der Waals surface area contributed by atoms with Gasteiger partial charge in [-0.05, 0) is 39.8 Å². The predicted octanol–water partition coefficient (Wildman–Crippen LogP) is 2.05. The fourth-order valence-corrected chi connectivity index (χ4v) is 1.80. The average molecular weight is 279 g/mol. The molecule has 0 aliphatic heterocycles. The lowest BCUT2D eigenvalue weighted by atomic mass is 9.91. The van der Waals surface area contributed by atoms with Crippen LogP contribution < -0.4 is 5.73 Å². The maximum atomic E-state index is 12.5. The zero-order valence-electron chi connectivity index (χ0n) is 11.9. The van der Waals surface area contributed by atoms with E-state index in [2.05, 4.69) is 4.98 Å². The monoisotopic (exact) mass is 279 g/mol. The number of rotatable bonds is 5. The summed E-state index contributed by atoms with van der Waals surface area (Å²) in [5, 5.41) is 0. The Balaban J connectivity index is 2.90. The number of carbonyl (C=O) groups excluding carboxylic acids is 1. The summed E-state index contributed by atoms with van der Waals surface area (Å²) in [6, 6.07) is 5.78. The van der Waals surface area contributed by atoms with Gasteiger partial charge < -0.3 is 10.6 Å². The third-order valence-electron chi connectivity index (χ3n) is 3.12. The van der Waals surface area contributed by atoms with Gasteiger partial charge in [-0.1, -0.05) is 18.3 Å². The molecule has 4 nitrogen and oxygen atoms in total. The van der Waals surface area contributed by atoms with Crippen molar-refractivity contribution in [2.75, 3.05) is 6.54 Å². The minimum absolute atomic E-state index is 0.0641. The first-order chi connectivity index (χ1) is 8.78. The Morgan fingerprint density at radius 3 is 2.58 bits per heavy atom. The number of pyridine rings is 1. The Hall–Kier alpha value is -1.49. The lowest BCUT2D eigenvalue weighted by Crippen LogP contribution is -2.46. The van der Waals surface area contributed by atoms with Gasteiger partial charge >= 0.3 is 0 Å². The number of amides is 1. The van der Waals surface area contributed by atoms with Crippen LogP contribution in [0.5, 0.6) is 0 Å². The van der Waals surface area contributed by atoms with Gasteiger partial charge in [-0.15, -0.1) is 0 Å². The maximum Gasteiger partial charge on any atom is 0.235 e. The molecule has 1 aromatic heterocycles. The molecule has 2 N–H and O–H groups in total. The Labute approximate surface area is 120 Å². The van der Waals surface area contributed by atoms with Gasteiger partial charge in [0, 0.05) is 12.2 Å². The summed E-state index contributed by atoms with van der Waals surface area (Å²) in [5.41, 5.74) is 6.63. The van der Waals surface area contributed by atoms with Gasteiger partial charge in [-0.3, -0.25) is 9.78 Å². The summed E-state index contributed by atoms with van der Waals surface area (Å²) in [6.45, 7) is 8.45. The second-order valence-corrected chi connectivity index (χ2v) is 5.52. The third-order valence-corrected chi connectivity index (χ3v) is 3.63. The molecule has 0 bridgehead atoms. The smallest absolute Gasteiger partial charge is 0.235 e. The van der Waals surface area contributed by atoms with Crippen LogP contribution in [-0.2, 0) is 11.3 Å². The molecule has 1 rings (SSSR count). The van der Waals surface area contributed by atoms with Gasteiger partial charge in [0.05, 0.1) is 22.6 Å². The third kappa shape index (κ3) is 3.73. The largest absolute Gasteiger partial charge is 0.392 e. The van der Waals surface area contributed by atoms with Gasteiger partial charge in [-0.2, -0.15) is 0 Å². The normalized spacial score (nSPS) is 11.2. The molecule has 5 heteroatoms. The summed E-state index contributed by atoms with van der Waals surface area (Å²) in [4.78, 5) is 18.8. The van der Waals surface area contributed by atoms with Crippen LogP contribution >= 0.6 is 12.2 Å². The Morgan fingerprint density at radius 2 is 2.11 bits per heavy atom. The number of aryl methyl sites for hydroxylation is 1. The number of carbonyl (C=O) groups is 1. The molecule has 1 aromatic rings. The number of aromatic nitrogens is 1. The van der Waals surface area contributed by atoms with Gasteiger partial charge in [0.15, 0.2) is 0 Å². The van der Waals surface area contributed by atoms with E-state index in [4.69, 9.17) is 18.0 Å². The summed E-state index contributed by atoms with van der Waals surface area (Å²) in [7, 11) is 0. The standard InChI is InChI=1S/C14H21N3OS/c1-5-17(13(18)14(3,4)12(15)19)9-11-8-6-7-10(2)16-11/h6-8H,5,9H2,1-4H3,(H2,15,19). The highest BCUT2D eigenvalue weighted by Gasteiger charge is 2.34. The van der Waals surface area contributed by atoms with Gasteiger partial charge in [-0.25, -0.2) is 0 Å². The zero-order valence-corrected chi connectivity index (χ0v) is 12.8. The molecular formula is C14H21N3OS. The van der Waals surface area contributed by atoms with Crippen LogP contribution in [-0.4, -0.2) is 27.3 Å². The van der Waals surface area contributed by atoms with Crippen molar-refractivity contribution in [3.8, 4) is 0 Å². The molecule has 19 heavy (non-hydrogen) atoms. The molecular weight excluding hydrogens is 258 g/mol. The quantitative estimate of drug-likeness (QED) is 0.838. The molecule has 104 valence electrons. The summed E-state index contributed by atoms with van der Waals surface area (Å²) >= 11 is 4.98. The van der Waals surface area contributed by atoms with E-state index in [0.29, 0.717) is 13.1 Å². The van der Waals surface area contributed by atoms with E-state index >= 15 is 0 Å². The van der Waals surface area contributed by atoms with Gasteiger partial charge in [0.1, 0.15) is 0 Å². The van der Waals surface area contributed by atoms with Crippen LogP contribution in [0.4, 0.5) is 0 Å². The van der Waals surface area contributed by atoms with Crippen LogP contribution in [0.3, 0.4) is 0 Å². The highest BCUT2D eigenvalue weighted by Crippen LogP contribution is 2.20. The fourth-order valence-electron chi connectivity index (χ4n) is 1.71. The number of nitrogens with two attached hydrogens (primary N) is 1.